The highest BCUT2D eigenvalue weighted by atomic mass is 79.9. The first-order valence-corrected chi connectivity index (χ1v) is 5.42. The molecule has 1 aromatic carbocycles. The smallest absolute Gasteiger partial charge is 0.227 e. The van der Waals surface area contributed by atoms with Crippen LogP contribution in [0.3, 0.4) is 0 Å². The Morgan fingerprint density at radius 1 is 1.13 bits per heavy atom. The number of hydrogen-bond acceptors (Lipinski definition) is 3. The topological polar surface area (TPSA) is 37.8 Å². The summed E-state index contributed by atoms with van der Waals surface area (Å²) in [6.07, 6.45) is 3.35. The molecule has 0 spiro atoms. The zero-order chi connectivity index (χ0) is 10.7. The molecule has 1 N–H and O–H groups in total. The number of rotatable bonds is 2. The second-order valence-corrected chi connectivity index (χ2v) is 4.15. The molecule has 2 rings (SSSR count). The number of hydrogen-bond donors (Lipinski definition) is 1. The third-order valence-electron chi connectivity index (χ3n) is 1.74. The Hall–Kier alpha value is -1.13. The molecule has 0 saturated heterocycles. The van der Waals surface area contributed by atoms with Crippen LogP contribution in [0, 0.1) is 0 Å². The second-order valence-electron chi connectivity index (χ2n) is 2.83. The average Bonchev–Trinajstić information content (AvgIpc) is 2.25. The molecule has 0 bridgehead atoms. The maximum Gasteiger partial charge on any atom is 0.227 e. The third-order valence-corrected chi connectivity index (χ3v) is 2.48. The predicted molar refractivity (Wildman–Crippen MR) is 64.5 cm³/mol. The SMILES string of the molecule is Clc1ccccc1Nc1ncc(Br)cn1. The highest BCUT2D eigenvalue weighted by Crippen LogP contribution is 2.23. The van der Waals surface area contributed by atoms with Crippen LogP contribution in [0.2, 0.25) is 5.02 Å². The molecule has 0 amide bonds. The third kappa shape index (κ3) is 2.67. The lowest BCUT2D eigenvalue weighted by Gasteiger charge is -2.05. The van der Waals surface area contributed by atoms with Gasteiger partial charge in [-0.2, -0.15) is 0 Å². The first-order valence-electron chi connectivity index (χ1n) is 4.25. The summed E-state index contributed by atoms with van der Waals surface area (Å²) in [6, 6.07) is 7.44. The summed E-state index contributed by atoms with van der Waals surface area (Å²) in [5.74, 6) is 0.520. The van der Waals surface area contributed by atoms with Gasteiger partial charge in [-0.1, -0.05) is 23.7 Å². The van der Waals surface area contributed by atoms with E-state index in [0.29, 0.717) is 11.0 Å². The fourth-order valence-corrected chi connectivity index (χ4v) is 1.45. The van der Waals surface area contributed by atoms with Crippen LogP contribution in [0.4, 0.5) is 11.6 Å². The molecule has 0 saturated carbocycles. The van der Waals surface area contributed by atoms with E-state index in [4.69, 9.17) is 11.6 Å². The monoisotopic (exact) mass is 283 g/mol. The number of aromatic nitrogens is 2. The number of nitrogens with one attached hydrogen (secondary N) is 1. The van der Waals surface area contributed by atoms with Gasteiger partial charge in [-0.3, -0.25) is 0 Å². The van der Waals surface area contributed by atoms with Gasteiger partial charge in [0, 0.05) is 12.4 Å². The summed E-state index contributed by atoms with van der Waals surface area (Å²) < 4.78 is 0.840. The van der Waals surface area contributed by atoms with Crippen LogP contribution in [0.15, 0.2) is 41.1 Å². The van der Waals surface area contributed by atoms with Gasteiger partial charge in [-0.05, 0) is 28.1 Å². The van der Waals surface area contributed by atoms with Crippen molar-refractivity contribution in [1.82, 2.24) is 9.97 Å². The number of anilines is 2. The summed E-state index contributed by atoms with van der Waals surface area (Å²) in [5, 5.41) is 3.67. The minimum absolute atomic E-state index is 0.520. The normalized spacial score (nSPS) is 10.0. The van der Waals surface area contributed by atoms with E-state index in [9.17, 15) is 0 Å². The maximum atomic E-state index is 5.98. The molecule has 0 atom stereocenters. The van der Waals surface area contributed by atoms with Gasteiger partial charge in [-0.15, -0.1) is 0 Å². The van der Waals surface area contributed by atoms with Crippen molar-refractivity contribution in [2.75, 3.05) is 5.32 Å². The van der Waals surface area contributed by atoms with Crippen LogP contribution in [0.5, 0.6) is 0 Å². The van der Waals surface area contributed by atoms with Gasteiger partial charge in [0.05, 0.1) is 15.2 Å². The van der Waals surface area contributed by atoms with Crippen molar-refractivity contribution in [3.63, 3.8) is 0 Å². The lowest BCUT2D eigenvalue weighted by molar-refractivity contribution is 1.15. The predicted octanol–water partition coefficient (Wildman–Crippen LogP) is 3.64. The van der Waals surface area contributed by atoms with Crippen LogP contribution in [-0.2, 0) is 0 Å². The molecule has 0 aliphatic heterocycles. The summed E-state index contributed by atoms with van der Waals surface area (Å²) >= 11 is 9.24. The van der Waals surface area contributed by atoms with Crippen LogP contribution in [-0.4, -0.2) is 9.97 Å². The minimum Gasteiger partial charge on any atom is -0.323 e. The molecule has 0 aliphatic carbocycles. The Morgan fingerprint density at radius 2 is 1.80 bits per heavy atom. The quantitative estimate of drug-likeness (QED) is 0.915. The van der Waals surface area contributed by atoms with Crippen molar-refractivity contribution in [3.8, 4) is 0 Å². The van der Waals surface area contributed by atoms with Crippen LogP contribution < -0.4 is 5.32 Å². The minimum atomic E-state index is 0.520. The summed E-state index contributed by atoms with van der Waals surface area (Å²) in [5.41, 5.74) is 0.793. The van der Waals surface area contributed by atoms with Crippen molar-refractivity contribution < 1.29 is 0 Å². The fraction of sp³-hybridized carbons (Fsp3) is 0. The Morgan fingerprint density at radius 3 is 2.47 bits per heavy atom. The molecule has 0 aliphatic rings. The van der Waals surface area contributed by atoms with Crippen LogP contribution in [0.25, 0.3) is 0 Å². The number of para-hydroxylation sites is 1. The Kier molecular flexibility index (Phi) is 3.18. The van der Waals surface area contributed by atoms with E-state index in [1.54, 1.807) is 12.4 Å². The van der Waals surface area contributed by atoms with Gasteiger partial charge >= 0.3 is 0 Å². The molecule has 0 fully saturated rings. The van der Waals surface area contributed by atoms with Crippen LogP contribution >= 0.6 is 27.5 Å². The molecule has 1 heterocycles. The van der Waals surface area contributed by atoms with E-state index in [1.807, 2.05) is 24.3 Å². The van der Waals surface area contributed by atoms with Crippen molar-refractivity contribution in [3.05, 3.63) is 46.2 Å². The lowest BCUT2D eigenvalue weighted by atomic mass is 10.3. The Bertz CT molecular complexity index is 458. The highest BCUT2D eigenvalue weighted by Gasteiger charge is 2.00. The molecular weight excluding hydrogens is 277 g/mol. The molecule has 0 unspecified atom stereocenters. The number of halogens is 2. The van der Waals surface area contributed by atoms with Gasteiger partial charge in [0.15, 0.2) is 0 Å². The number of benzene rings is 1. The maximum absolute atomic E-state index is 5.98. The largest absolute Gasteiger partial charge is 0.323 e. The van der Waals surface area contributed by atoms with Crippen molar-refractivity contribution in [2.24, 2.45) is 0 Å². The average molecular weight is 285 g/mol. The van der Waals surface area contributed by atoms with Crippen molar-refractivity contribution in [2.45, 2.75) is 0 Å². The molecule has 0 radical (unpaired) electrons. The molecule has 2 aromatic rings. The van der Waals surface area contributed by atoms with E-state index in [1.165, 1.54) is 0 Å². The second kappa shape index (κ2) is 4.59. The molecule has 5 heteroatoms. The first-order chi connectivity index (χ1) is 7.25. The van der Waals surface area contributed by atoms with Gasteiger partial charge in [-0.25, -0.2) is 9.97 Å². The molecule has 76 valence electrons. The molecule has 1 aromatic heterocycles. The fourth-order valence-electron chi connectivity index (χ4n) is 1.06. The number of nitrogens with zero attached hydrogens (tertiary/aromatic N) is 2. The van der Waals surface area contributed by atoms with Gasteiger partial charge in [0.1, 0.15) is 0 Å². The summed E-state index contributed by atoms with van der Waals surface area (Å²) in [7, 11) is 0. The van der Waals surface area contributed by atoms with E-state index in [2.05, 4.69) is 31.2 Å². The Balaban J connectivity index is 2.22. The zero-order valence-electron chi connectivity index (χ0n) is 7.61. The van der Waals surface area contributed by atoms with Crippen LogP contribution in [0.1, 0.15) is 0 Å². The summed E-state index contributed by atoms with van der Waals surface area (Å²) in [4.78, 5) is 8.17. The van der Waals surface area contributed by atoms with E-state index in [0.717, 1.165) is 10.2 Å². The summed E-state index contributed by atoms with van der Waals surface area (Å²) in [6.45, 7) is 0. The van der Waals surface area contributed by atoms with Crippen molar-refractivity contribution >= 4 is 39.2 Å². The van der Waals surface area contributed by atoms with Gasteiger partial charge < -0.3 is 5.32 Å². The highest BCUT2D eigenvalue weighted by molar-refractivity contribution is 9.10. The zero-order valence-corrected chi connectivity index (χ0v) is 9.96. The first kappa shape index (κ1) is 10.4. The molecule has 3 nitrogen and oxygen atoms in total. The Labute approximate surface area is 101 Å². The van der Waals surface area contributed by atoms with Gasteiger partial charge in [0.2, 0.25) is 5.95 Å². The molecule has 15 heavy (non-hydrogen) atoms. The lowest BCUT2D eigenvalue weighted by Crippen LogP contribution is -1.96. The molecular formula is C10H7BrClN3. The standard InChI is InChI=1S/C10H7BrClN3/c11-7-5-13-10(14-6-7)15-9-4-2-1-3-8(9)12/h1-6H,(H,13,14,15). The van der Waals surface area contributed by atoms with E-state index < -0.39 is 0 Å². The van der Waals surface area contributed by atoms with Crippen molar-refractivity contribution in [1.29, 1.82) is 0 Å². The van der Waals surface area contributed by atoms with E-state index in [-0.39, 0.29) is 0 Å². The van der Waals surface area contributed by atoms with Gasteiger partial charge in [0.25, 0.3) is 0 Å². The van der Waals surface area contributed by atoms with E-state index >= 15 is 0 Å².